The van der Waals surface area contributed by atoms with Gasteiger partial charge in [-0.15, -0.1) is 0 Å². The van der Waals surface area contributed by atoms with Crippen molar-refractivity contribution in [3.63, 3.8) is 0 Å². The van der Waals surface area contributed by atoms with Gasteiger partial charge in [0.15, 0.2) is 0 Å². The predicted molar refractivity (Wildman–Crippen MR) is 70.2 cm³/mol. The van der Waals surface area contributed by atoms with Gasteiger partial charge in [-0.25, -0.2) is 4.98 Å². The van der Waals surface area contributed by atoms with Crippen LogP contribution in [0.5, 0.6) is 0 Å². The van der Waals surface area contributed by atoms with Gasteiger partial charge in [0.2, 0.25) is 0 Å². The first kappa shape index (κ1) is 14.8. The fraction of sp³-hybridized carbons (Fsp3) is 0.500. The summed E-state index contributed by atoms with van der Waals surface area (Å²) in [7, 11) is 0. The van der Waals surface area contributed by atoms with Crippen LogP contribution in [-0.4, -0.2) is 14.7 Å². The number of fused-ring (bicyclic) bond motifs is 1. The average molecular weight is 286 g/mol. The van der Waals surface area contributed by atoms with Crippen molar-refractivity contribution in [1.29, 1.82) is 0 Å². The van der Waals surface area contributed by atoms with Crippen molar-refractivity contribution in [2.24, 2.45) is 5.92 Å². The third-order valence-corrected chi connectivity index (χ3v) is 3.03. The first-order chi connectivity index (χ1) is 9.20. The summed E-state index contributed by atoms with van der Waals surface area (Å²) in [6, 6.07) is 3.49. The van der Waals surface area contributed by atoms with Crippen molar-refractivity contribution in [3.05, 3.63) is 29.6 Å². The number of alkyl halides is 3. The summed E-state index contributed by atoms with van der Waals surface area (Å²) in [5.41, 5.74) is 0.148. The van der Waals surface area contributed by atoms with E-state index in [1.54, 1.807) is 11.5 Å². The summed E-state index contributed by atoms with van der Waals surface area (Å²) in [5.74, 6) is 0.695. The van der Waals surface area contributed by atoms with Gasteiger partial charge in [0, 0.05) is 6.54 Å². The Labute approximate surface area is 115 Å². The molecule has 0 aliphatic carbocycles. The number of aliphatic hydroxyl groups is 1. The summed E-state index contributed by atoms with van der Waals surface area (Å²) in [6.07, 6.45) is -5.21. The highest BCUT2D eigenvalue weighted by molar-refractivity contribution is 5.77. The van der Waals surface area contributed by atoms with E-state index in [-0.39, 0.29) is 5.52 Å². The Bertz CT molecular complexity index is 615. The Balaban J connectivity index is 2.61. The second-order valence-electron chi connectivity index (χ2n) is 5.35. The Hall–Kier alpha value is -1.56. The number of benzene rings is 1. The highest BCUT2D eigenvalue weighted by atomic mass is 19.4. The van der Waals surface area contributed by atoms with Crippen molar-refractivity contribution in [2.45, 2.75) is 39.6 Å². The first-order valence-corrected chi connectivity index (χ1v) is 6.45. The normalized spacial score (nSPS) is 14.2. The van der Waals surface area contributed by atoms with Crippen LogP contribution in [0.3, 0.4) is 0 Å². The van der Waals surface area contributed by atoms with Crippen molar-refractivity contribution < 1.29 is 18.3 Å². The molecule has 0 aliphatic heterocycles. The molecule has 0 aliphatic rings. The third-order valence-electron chi connectivity index (χ3n) is 3.03. The van der Waals surface area contributed by atoms with E-state index in [4.69, 9.17) is 0 Å². The van der Waals surface area contributed by atoms with E-state index in [0.29, 0.717) is 23.8 Å². The number of rotatable bonds is 3. The molecule has 0 spiro atoms. The molecule has 20 heavy (non-hydrogen) atoms. The molecule has 2 aromatic rings. The molecule has 0 saturated heterocycles. The summed E-state index contributed by atoms with van der Waals surface area (Å²) >= 11 is 0. The summed E-state index contributed by atoms with van der Waals surface area (Å²) in [6.45, 7) is 6.16. The van der Waals surface area contributed by atoms with Crippen LogP contribution >= 0.6 is 0 Å². The molecular weight excluding hydrogens is 269 g/mol. The Morgan fingerprint density at radius 3 is 2.40 bits per heavy atom. The number of hydrogen-bond donors (Lipinski definition) is 1. The molecule has 1 unspecified atom stereocenters. The van der Waals surface area contributed by atoms with Crippen LogP contribution < -0.4 is 0 Å². The highest BCUT2D eigenvalue weighted by Gasteiger charge is 2.31. The van der Waals surface area contributed by atoms with Crippen molar-refractivity contribution in [2.75, 3.05) is 0 Å². The number of hydrogen-bond acceptors (Lipinski definition) is 2. The zero-order chi connectivity index (χ0) is 15.1. The molecule has 6 heteroatoms. The summed E-state index contributed by atoms with van der Waals surface area (Å²) in [4.78, 5) is 4.15. The summed E-state index contributed by atoms with van der Waals surface area (Å²) < 4.78 is 39.9. The second kappa shape index (κ2) is 5.09. The van der Waals surface area contributed by atoms with Crippen LogP contribution in [0, 0.1) is 5.92 Å². The zero-order valence-electron chi connectivity index (χ0n) is 11.6. The van der Waals surface area contributed by atoms with Crippen molar-refractivity contribution in [3.8, 4) is 0 Å². The Morgan fingerprint density at radius 1 is 1.25 bits per heavy atom. The van der Waals surface area contributed by atoms with Gasteiger partial charge < -0.3 is 9.67 Å². The van der Waals surface area contributed by atoms with E-state index in [9.17, 15) is 18.3 Å². The lowest BCUT2D eigenvalue weighted by atomic mass is 10.2. The molecule has 2 rings (SSSR count). The van der Waals surface area contributed by atoms with E-state index in [2.05, 4.69) is 4.98 Å². The predicted octanol–water partition coefficient (Wildman–Crippen LogP) is 3.76. The minimum absolute atomic E-state index is 0.261. The first-order valence-electron chi connectivity index (χ1n) is 6.45. The number of nitrogens with zero attached hydrogens (tertiary/aromatic N) is 2. The van der Waals surface area contributed by atoms with Crippen LogP contribution in [0.2, 0.25) is 0 Å². The molecule has 1 atom stereocenters. The fourth-order valence-electron chi connectivity index (χ4n) is 2.20. The van der Waals surface area contributed by atoms with Gasteiger partial charge in [-0.05, 0) is 31.0 Å². The molecule has 3 nitrogen and oxygen atoms in total. The molecule has 0 saturated carbocycles. The van der Waals surface area contributed by atoms with Crippen LogP contribution in [-0.2, 0) is 12.7 Å². The second-order valence-corrected chi connectivity index (χ2v) is 5.35. The van der Waals surface area contributed by atoms with Crippen LogP contribution in [0.1, 0.15) is 38.3 Å². The lowest BCUT2D eigenvalue weighted by Crippen LogP contribution is -2.10. The van der Waals surface area contributed by atoms with Crippen LogP contribution in [0.4, 0.5) is 13.2 Å². The lowest BCUT2D eigenvalue weighted by Gasteiger charge is -2.13. The van der Waals surface area contributed by atoms with Gasteiger partial charge in [-0.2, -0.15) is 13.2 Å². The smallest absolute Gasteiger partial charge is 0.385 e. The SMILES string of the molecule is CC(C)Cn1c(C(C)O)nc2cc(C(F)(F)F)ccc21. The van der Waals surface area contributed by atoms with Crippen molar-refractivity contribution in [1.82, 2.24) is 9.55 Å². The van der Waals surface area contributed by atoms with Crippen LogP contribution in [0.15, 0.2) is 18.2 Å². The van der Waals surface area contributed by atoms with E-state index in [1.807, 2.05) is 13.8 Å². The standard InChI is InChI=1S/C14H17F3N2O/c1-8(2)7-19-12-5-4-10(14(15,16)17)6-11(12)18-13(19)9(3)20/h4-6,8-9,20H,7H2,1-3H3. The van der Waals surface area contributed by atoms with E-state index >= 15 is 0 Å². The fourth-order valence-corrected chi connectivity index (χ4v) is 2.20. The topological polar surface area (TPSA) is 38.0 Å². The Morgan fingerprint density at radius 2 is 1.90 bits per heavy atom. The summed E-state index contributed by atoms with van der Waals surface area (Å²) in [5, 5.41) is 9.74. The molecule has 110 valence electrons. The maximum atomic E-state index is 12.7. The molecule has 1 N–H and O–H groups in total. The van der Waals surface area contributed by atoms with Gasteiger partial charge in [0.05, 0.1) is 16.6 Å². The minimum Gasteiger partial charge on any atom is -0.385 e. The number of aromatic nitrogens is 2. The molecular formula is C14H17F3N2O. The molecule has 0 amide bonds. The average Bonchev–Trinajstić information content (AvgIpc) is 2.65. The van der Waals surface area contributed by atoms with E-state index < -0.39 is 17.8 Å². The third kappa shape index (κ3) is 2.80. The van der Waals surface area contributed by atoms with Gasteiger partial charge in [0.1, 0.15) is 11.9 Å². The highest BCUT2D eigenvalue weighted by Crippen LogP contribution is 2.32. The number of imidazole rings is 1. The maximum absolute atomic E-state index is 12.7. The molecule has 0 bridgehead atoms. The molecule has 0 fully saturated rings. The maximum Gasteiger partial charge on any atom is 0.416 e. The molecule has 1 heterocycles. The number of halogens is 3. The van der Waals surface area contributed by atoms with Gasteiger partial charge in [0.25, 0.3) is 0 Å². The van der Waals surface area contributed by atoms with Gasteiger partial charge in [-0.3, -0.25) is 0 Å². The molecule has 0 radical (unpaired) electrons. The lowest BCUT2D eigenvalue weighted by molar-refractivity contribution is -0.137. The zero-order valence-corrected chi connectivity index (χ0v) is 11.6. The molecule has 1 aromatic heterocycles. The Kier molecular flexibility index (Phi) is 3.77. The largest absolute Gasteiger partial charge is 0.416 e. The van der Waals surface area contributed by atoms with Gasteiger partial charge >= 0.3 is 6.18 Å². The van der Waals surface area contributed by atoms with Crippen LogP contribution in [0.25, 0.3) is 11.0 Å². The van der Waals surface area contributed by atoms with E-state index in [1.165, 1.54) is 6.07 Å². The van der Waals surface area contributed by atoms with Gasteiger partial charge in [-0.1, -0.05) is 13.8 Å². The molecule has 1 aromatic carbocycles. The van der Waals surface area contributed by atoms with Crippen molar-refractivity contribution >= 4 is 11.0 Å². The van der Waals surface area contributed by atoms with E-state index in [0.717, 1.165) is 12.1 Å². The quantitative estimate of drug-likeness (QED) is 0.932. The number of aliphatic hydroxyl groups excluding tert-OH is 1. The minimum atomic E-state index is -4.39. The monoisotopic (exact) mass is 286 g/mol.